The summed E-state index contributed by atoms with van der Waals surface area (Å²) >= 11 is 0. The minimum atomic E-state index is -0.425. The molecule has 0 radical (unpaired) electrons. The van der Waals surface area contributed by atoms with Crippen LogP contribution in [0.15, 0.2) is 0 Å². The van der Waals surface area contributed by atoms with Gasteiger partial charge in [0.05, 0.1) is 32.3 Å². The summed E-state index contributed by atoms with van der Waals surface area (Å²) in [6.07, 6.45) is 7.34. The first-order valence-electron chi connectivity index (χ1n) is 15.5. The van der Waals surface area contributed by atoms with Crippen LogP contribution in [0.25, 0.3) is 0 Å². The van der Waals surface area contributed by atoms with E-state index in [0.717, 1.165) is 38.5 Å². The molecule has 0 saturated carbocycles. The van der Waals surface area contributed by atoms with Gasteiger partial charge in [-0.15, -0.1) is 0 Å². The summed E-state index contributed by atoms with van der Waals surface area (Å²) in [5.41, 5.74) is 0. The van der Waals surface area contributed by atoms with Crippen molar-refractivity contribution in [2.75, 3.05) is 72.9 Å². The van der Waals surface area contributed by atoms with Gasteiger partial charge >= 0.3 is 24.0 Å². The number of likely N-dealkylation sites (N-methyl/N-ethyl adjacent to an activating group) is 1. The van der Waals surface area contributed by atoms with Crippen LogP contribution in [0, 0.1) is 0 Å². The Labute approximate surface area is 252 Å². The van der Waals surface area contributed by atoms with Crippen LogP contribution in [-0.2, 0) is 42.8 Å². The third-order valence-corrected chi connectivity index (χ3v) is 6.01. The standard InChI is InChI=1S/C30H56N2O10/c1-5-37-22-23-40-28(34)15-11-9-13-20-42-30(36)31-17-12-8-6-7-10-14-27(33)39-21-19-32(4)18-16-29(35)41-25-24-38-26(2)3/h26H,5-25H2,1-4H3,(H,31,36). The van der Waals surface area contributed by atoms with Gasteiger partial charge in [0.25, 0.3) is 0 Å². The Hall–Kier alpha value is -2.44. The van der Waals surface area contributed by atoms with Gasteiger partial charge in [-0.2, -0.15) is 0 Å². The topological polar surface area (TPSA) is 139 Å². The molecule has 0 aliphatic carbocycles. The van der Waals surface area contributed by atoms with Crippen molar-refractivity contribution in [3.63, 3.8) is 0 Å². The quantitative estimate of drug-likeness (QED) is 0.0787. The maximum Gasteiger partial charge on any atom is 0.407 e. The van der Waals surface area contributed by atoms with Crippen molar-refractivity contribution in [3.8, 4) is 0 Å². The first-order valence-corrected chi connectivity index (χ1v) is 15.5. The van der Waals surface area contributed by atoms with Crippen LogP contribution in [0.2, 0.25) is 0 Å². The fourth-order valence-corrected chi connectivity index (χ4v) is 3.60. The molecule has 42 heavy (non-hydrogen) atoms. The Balaban J connectivity index is 3.48. The van der Waals surface area contributed by atoms with E-state index in [1.165, 1.54) is 0 Å². The van der Waals surface area contributed by atoms with Crippen LogP contribution in [0.1, 0.15) is 91.4 Å². The van der Waals surface area contributed by atoms with E-state index in [-0.39, 0.29) is 43.6 Å². The van der Waals surface area contributed by atoms with Crippen molar-refractivity contribution in [1.29, 1.82) is 0 Å². The van der Waals surface area contributed by atoms with Gasteiger partial charge in [0.15, 0.2) is 0 Å². The summed E-state index contributed by atoms with van der Waals surface area (Å²) in [7, 11) is 1.87. The summed E-state index contributed by atoms with van der Waals surface area (Å²) in [6, 6.07) is 0. The normalized spacial score (nSPS) is 11.0. The zero-order valence-electron chi connectivity index (χ0n) is 26.5. The second-order valence-electron chi connectivity index (χ2n) is 10.2. The number of carbonyl (C=O) groups is 4. The lowest BCUT2D eigenvalue weighted by atomic mass is 10.1. The smallest absolute Gasteiger partial charge is 0.407 e. The largest absolute Gasteiger partial charge is 0.464 e. The predicted octanol–water partition coefficient (Wildman–Crippen LogP) is 4.03. The SMILES string of the molecule is CCOCCOC(=O)CCCCCOC(=O)NCCCCCCCC(=O)OCCN(C)CCC(=O)OCCOC(C)C. The van der Waals surface area contributed by atoms with E-state index in [9.17, 15) is 19.2 Å². The van der Waals surface area contributed by atoms with Gasteiger partial charge in [-0.25, -0.2) is 4.79 Å². The molecular weight excluding hydrogens is 548 g/mol. The Bertz CT molecular complexity index is 706. The van der Waals surface area contributed by atoms with Crippen molar-refractivity contribution < 1.29 is 47.6 Å². The molecule has 0 fully saturated rings. The number of carbonyl (C=O) groups excluding carboxylic acids is 4. The number of unbranched alkanes of at least 4 members (excludes halogenated alkanes) is 6. The van der Waals surface area contributed by atoms with Gasteiger partial charge in [0, 0.05) is 39.1 Å². The van der Waals surface area contributed by atoms with E-state index >= 15 is 0 Å². The first kappa shape index (κ1) is 39.6. The van der Waals surface area contributed by atoms with Gasteiger partial charge in [0.2, 0.25) is 0 Å². The predicted molar refractivity (Wildman–Crippen MR) is 158 cm³/mol. The van der Waals surface area contributed by atoms with Crippen LogP contribution in [0.3, 0.4) is 0 Å². The molecule has 0 bridgehead atoms. The van der Waals surface area contributed by atoms with Crippen molar-refractivity contribution in [2.45, 2.75) is 97.5 Å². The third-order valence-electron chi connectivity index (χ3n) is 6.01. The minimum absolute atomic E-state index is 0.112. The Morgan fingerprint density at radius 1 is 0.619 bits per heavy atom. The molecule has 246 valence electrons. The van der Waals surface area contributed by atoms with Crippen molar-refractivity contribution in [2.24, 2.45) is 0 Å². The summed E-state index contributed by atoms with van der Waals surface area (Å²) in [5.74, 6) is -0.712. The van der Waals surface area contributed by atoms with Crippen molar-refractivity contribution >= 4 is 24.0 Å². The molecule has 0 heterocycles. The van der Waals surface area contributed by atoms with Gasteiger partial charge in [0.1, 0.15) is 19.8 Å². The molecule has 0 spiro atoms. The lowest BCUT2D eigenvalue weighted by Gasteiger charge is -2.16. The van der Waals surface area contributed by atoms with E-state index in [1.54, 1.807) is 0 Å². The average molecular weight is 605 g/mol. The number of rotatable bonds is 28. The molecule has 1 amide bonds. The van der Waals surface area contributed by atoms with E-state index in [4.69, 9.17) is 28.4 Å². The highest BCUT2D eigenvalue weighted by atomic mass is 16.6. The fourth-order valence-electron chi connectivity index (χ4n) is 3.60. The molecule has 0 rings (SSSR count). The van der Waals surface area contributed by atoms with Crippen LogP contribution in [0.5, 0.6) is 0 Å². The molecule has 0 aliphatic heterocycles. The summed E-state index contributed by atoms with van der Waals surface area (Å²) in [4.78, 5) is 48.8. The number of hydrogen-bond donors (Lipinski definition) is 1. The molecule has 0 unspecified atom stereocenters. The molecule has 0 aromatic carbocycles. The Morgan fingerprint density at radius 3 is 1.86 bits per heavy atom. The van der Waals surface area contributed by atoms with E-state index in [1.807, 2.05) is 32.7 Å². The number of ether oxygens (including phenoxy) is 6. The van der Waals surface area contributed by atoms with Crippen molar-refractivity contribution in [3.05, 3.63) is 0 Å². The number of amides is 1. The fraction of sp³-hybridized carbons (Fsp3) is 0.867. The first-order chi connectivity index (χ1) is 20.2. The lowest BCUT2D eigenvalue weighted by Crippen LogP contribution is -2.27. The lowest BCUT2D eigenvalue weighted by molar-refractivity contribution is -0.147. The number of hydrogen-bond acceptors (Lipinski definition) is 11. The molecule has 0 aliphatic rings. The molecule has 0 saturated heterocycles. The molecular formula is C30H56N2O10. The third kappa shape index (κ3) is 29.1. The van der Waals surface area contributed by atoms with E-state index in [2.05, 4.69) is 5.32 Å². The molecule has 0 aromatic rings. The Kier molecular flexibility index (Phi) is 27.0. The van der Waals surface area contributed by atoms with Gasteiger partial charge in [-0.05, 0) is 59.9 Å². The van der Waals surface area contributed by atoms with Gasteiger partial charge < -0.3 is 38.6 Å². The van der Waals surface area contributed by atoms with Crippen LogP contribution >= 0.6 is 0 Å². The monoisotopic (exact) mass is 604 g/mol. The second-order valence-corrected chi connectivity index (χ2v) is 10.2. The highest BCUT2D eigenvalue weighted by Crippen LogP contribution is 2.06. The molecule has 12 heteroatoms. The van der Waals surface area contributed by atoms with Crippen molar-refractivity contribution in [1.82, 2.24) is 10.2 Å². The molecule has 0 aromatic heterocycles. The number of nitrogens with one attached hydrogen (secondary N) is 1. The van der Waals surface area contributed by atoms with E-state index < -0.39 is 6.09 Å². The van der Waals surface area contributed by atoms with Crippen LogP contribution in [-0.4, -0.2) is 108 Å². The number of alkyl carbamates (subject to hydrolysis) is 1. The molecule has 0 atom stereocenters. The summed E-state index contributed by atoms with van der Waals surface area (Å²) in [5, 5.41) is 2.74. The molecule has 12 nitrogen and oxygen atoms in total. The zero-order chi connectivity index (χ0) is 31.3. The second kappa shape index (κ2) is 28.7. The average Bonchev–Trinajstić information content (AvgIpc) is 2.95. The van der Waals surface area contributed by atoms with Crippen LogP contribution < -0.4 is 5.32 Å². The molecule has 1 N–H and O–H groups in total. The van der Waals surface area contributed by atoms with Crippen LogP contribution in [0.4, 0.5) is 4.79 Å². The van der Waals surface area contributed by atoms with Gasteiger partial charge in [-0.1, -0.05) is 19.3 Å². The number of nitrogens with zero attached hydrogens (tertiary/aromatic N) is 1. The highest BCUT2D eigenvalue weighted by Gasteiger charge is 2.08. The maximum absolute atomic E-state index is 11.9. The Morgan fingerprint density at radius 2 is 1.19 bits per heavy atom. The highest BCUT2D eigenvalue weighted by molar-refractivity contribution is 5.70. The minimum Gasteiger partial charge on any atom is -0.464 e. The zero-order valence-corrected chi connectivity index (χ0v) is 26.5. The maximum atomic E-state index is 11.9. The van der Waals surface area contributed by atoms with Gasteiger partial charge in [-0.3, -0.25) is 14.4 Å². The van der Waals surface area contributed by atoms with E-state index in [0.29, 0.717) is 78.4 Å². The summed E-state index contributed by atoms with van der Waals surface area (Å²) < 4.78 is 31.0. The number of esters is 3. The summed E-state index contributed by atoms with van der Waals surface area (Å²) in [6.45, 7) is 9.93.